The van der Waals surface area contributed by atoms with Crippen molar-refractivity contribution >= 4 is 30.5 Å². The van der Waals surface area contributed by atoms with E-state index in [1.807, 2.05) is 0 Å². The number of carbonyl (C=O) groups is 1. The molecule has 2 heterocycles. The highest BCUT2D eigenvalue weighted by Gasteiger charge is 2.26. The van der Waals surface area contributed by atoms with E-state index in [1.54, 1.807) is 4.57 Å². The maximum atomic E-state index is 11.0. The molecule has 2 aromatic heterocycles. The molecule has 0 unspecified atom stereocenters. The minimum absolute atomic E-state index is 0.159. The number of carboxylic acids is 1. The molecule has 2 rings (SSSR count). The summed E-state index contributed by atoms with van der Waals surface area (Å²) >= 11 is 0. The standard InChI is InChI=1S/C10H15N6O5P/c11-8-7-9(14-4-13-8)16(5-15-7)2-1-12-6(10(17)18)3-22(19,20)21/h4-6,12H,1-3H2,(H,17,18)(H2,11,13,14)(H2,19,20,21)/t6-/m0/s1. The van der Waals surface area contributed by atoms with Crippen molar-refractivity contribution in [2.24, 2.45) is 0 Å². The lowest BCUT2D eigenvalue weighted by atomic mass is 10.3. The first-order chi connectivity index (χ1) is 10.3. The summed E-state index contributed by atoms with van der Waals surface area (Å²) in [5, 5.41) is 11.5. The van der Waals surface area contributed by atoms with Crippen LogP contribution in [0.25, 0.3) is 11.2 Å². The van der Waals surface area contributed by atoms with E-state index in [9.17, 15) is 9.36 Å². The van der Waals surface area contributed by atoms with E-state index in [0.717, 1.165) is 0 Å². The van der Waals surface area contributed by atoms with Crippen molar-refractivity contribution in [3.63, 3.8) is 0 Å². The van der Waals surface area contributed by atoms with E-state index in [4.69, 9.17) is 20.6 Å². The third kappa shape index (κ3) is 3.98. The van der Waals surface area contributed by atoms with Gasteiger partial charge in [-0.15, -0.1) is 0 Å². The molecule has 120 valence electrons. The third-order valence-electron chi connectivity index (χ3n) is 2.89. The molecule has 0 aliphatic rings. The van der Waals surface area contributed by atoms with Gasteiger partial charge in [0.1, 0.15) is 17.9 Å². The Morgan fingerprint density at radius 3 is 2.77 bits per heavy atom. The minimum Gasteiger partial charge on any atom is -0.480 e. The third-order valence-corrected chi connectivity index (χ3v) is 3.73. The van der Waals surface area contributed by atoms with Crippen LogP contribution in [-0.2, 0) is 15.9 Å². The van der Waals surface area contributed by atoms with Crippen LogP contribution in [-0.4, -0.2) is 59.1 Å². The highest BCUT2D eigenvalue weighted by atomic mass is 31.2. The van der Waals surface area contributed by atoms with Gasteiger partial charge in [-0.25, -0.2) is 15.0 Å². The molecule has 0 aliphatic heterocycles. The number of nitrogens with one attached hydrogen (secondary N) is 1. The first-order valence-corrected chi connectivity index (χ1v) is 8.00. The van der Waals surface area contributed by atoms with Crippen molar-refractivity contribution < 1.29 is 24.3 Å². The van der Waals surface area contributed by atoms with Gasteiger partial charge in [-0.2, -0.15) is 0 Å². The average Bonchev–Trinajstić information content (AvgIpc) is 2.81. The fourth-order valence-electron chi connectivity index (χ4n) is 1.89. The Hall–Kier alpha value is -2.07. The van der Waals surface area contributed by atoms with Gasteiger partial charge in [0.25, 0.3) is 0 Å². The van der Waals surface area contributed by atoms with Gasteiger partial charge in [0.15, 0.2) is 11.5 Å². The maximum absolute atomic E-state index is 11.0. The number of carboxylic acid groups (broad SMARTS) is 1. The number of nitrogens with zero attached hydrogens (tertiary/aromatic N) is 4. The topological polar surface area (TPSA) is 176 Å². The van der Waals surface area contributed by atoms with E-state index in [2.05, 4.69) is 20.3 Å². The molecule has 0 spiro atoms. The van der Waals surface area contributed by atoms with Gasteiger partial charge in [-0.1, -0.05) is 0 Å². The van der Waals surface area contributed by atoms with E-state index in [1.165, 1.54) is 12.7 Å². The van der Waals surface area contributed by atoms with Crippen LogP contribution in [0.15, 0.2) is 12.7 Å². The largest absolute Gasteiger partial charge is 0.480 e. The Labute approximate surface area is 124 Å². The van der Waals surface area contributed by atoms with Crippen molar-refractivity contribution in [1.29, 1.82) is 0 Å². The fraction of sp³-hybridized carbons (Fsp3) is 0.400. The molecule has 0 radical (unpaired) electrons. The van der Waals surface area contributed by atoms with Gasteiger partial charge in [-0.05, 0) is 0 Å². The second-order valence-electron chi connectivity index (χ2n) is 4.56. The zero-order valence-electron chi connectivity index (χ0n) is 11.3. The second-order valence-corrected chi connectivity index (χ2v) is 6.26. The molecule has 1 atom stereocenters. The van der Waals surface area contributed by atoms with Gasteiger partial charge in [0.2, 0.25) is 0 Å². The van der Waals surface area contributed by atoms with Gasteiger partial charge in [0, 0.05) is 13.1 Å². The molecule has 0 saturated heterocycles. The van der Waals surface area contributed by atoms with Crippen molar-refractivity contribution in [3.8, 4) is 0 Å². The van der Waals surface area contributed by atoms with E-state index in [-0.39, 0.29) is 12.4 Å². The van der Waals surface area contributed by atoms with Crippen LogP contribution in [0.4, 0.5) is 5.82 Å². The van der Waals surface area contributed by atoms with Crippen LogP contribution in [0.3, 0.4) is 0 Å². The highest BCUT2D eigenvalue weighted by molar-refractivity contribution is 7.51. The number of aliphatic carboxylic acids is 1. The number of fused-ring (bicyclic) bond motifs is 1. The summed E-state index contributed by atoms with van der Waals surface area (Å²) in [6.07, 6.45) is 2.00. The fourth-order valence-corrected chi connectivity index (χ4v) is 2.65. The predicted octanol–water partition coefficient (Wildman–Crippen LogP) is -1.37. The second kappa shape index (κ2) is 6.36. The highest BCUT2D eigenvalue weighted by Crippen LogP contribution is 2.34. The van der Waals surface area contributed by atoms with Gasteiger partial charge >= 0.3 is 13.6 Å². The Bertz CT molecular complexity index is 728. The van der Waals surface area contributed by atoms with Crippen molar-refractivity contribution in [2.45, 2.75) is 12.6 Å². The zero-order chi connectivity index (χ0) is 16.3. The zero-order valence-corrected chi connectivity index (χ0v) is 12.2. The average molecular weight is 330 g/mol. The molecule has 11 nitrogen and oxygen atoms in total. The van der Waals surface area contributed by atoms with Crippen molar-refractivity contribution in [2.75, 3.05) is 18.4 Å². The molecule has 6 N–H and O–H groups in total. The predicted molar refractivity (Wildman–Crippen MR) is 76.1 cm³/mol. The first-order valence-electron chi connectivity index (χ1n) is 6.20. The van der Waals surface area contributed by atoms with E-state index < -0.39 is 25.8 Å². The Balaban J connectivity index is 2.01. The smallest absolute Gasteiger partial charge is 0.327 e. The van der Waals surface area contributed by atoms with Crippen LogP contribution in [0.5, 0.6) is 0 Å². The van der Waals surface area contributed by atoms with Crippen LogP contribution in [0, 0.1) is 0 Å². The minimum atomic E-state index is -4.42. The molecule has 0 saturated carbocycles. The number of imidazole rings is 1. The summed E-state index contributed by atoms with van der Waals surface area (Å²) in [7, 11) is -4.42. The lowest BCUT2D eigenvalue weighted by Crippen LogP contribution is -2.41. The number of hydrogen-bond donors (Lipinski definition) is 5. The molecule has 12 heteroatoms. The van der Waals surface area contributed by atoms with Crippen LogP contribution in [0.1, 0.15) is 0 Å². The normalized spacial score (nSPS) is 13.4. The van der Waals surface area contributed by atoms with Gasteiger partial charge in [0.05, 0.1) is 12.5 Å². The summed E-state index contributed by atoms with van der Waals surface area (Å²) in [6.45, 7) is 0.463. The maximum Gasteiger partial charge on any atom is 0.327 e. The molecular weight excluding hydrogens is 315 g/mol. The lowest BCUT2D eigenvalue weighted by Gasteiger charge is -2.15. The molecule has 0 aliphatic carbocycles. The molecule has 22 heavy (non-hydrogen) atoms. The van der Waals surface area contributed by atoms with Crippen LogP contribution in [0.2, 0.25) is 0 Å². The summed E-state index contributed by atoms with van der Waals surface area (Å²) in [5.74, 6) is -1.09. The van der Waals surface area contributed by atoms with Crippen molar-refractivity contribution in [3.05, 3.63) is 12.7 Å². The SMILES string of the molecule is Nc1ncnc2c1ncn2CCN[C@@H](CP(=O)(O)O)C(=O)O. The summed E-state index contributed by atoms with van der Waals surface area (Å²) in [6, 6.07) is -1.34. The summed E-state index contributed by atoms with van der Waals surface area (Å²) in [5.41, 5.74) is 6.58. The van der Waals surface area contributed by atoms with Crippen LogP contribution < -0.4 is 11.1 Å². The number of nitrogen functional groups attached to an aromatic ring is 1. The van der Waals surface area contributed by atoms with Gasteiger partial charge < -0.3 is 30.5 Å². The number of aromatic nitrogens is 4. The Morgan fingerprint density at radius 2 is 2.14 bits per heavy atom. The Morgan fingerprint density at radius 1 is 1.41 bits per heavy atom. The molecule has 0 aromatic carbocycles. The molecule has 0 bridgehead atoms. The molecule has 0 fully saturated rings. The number of nitrogens with two attached hydrogens (primary N) is 1. The van der Waals surface area contributed by atoms with Crippen molar-refractivity contribution in [1.82, 2.24) is 24.8 Å². The number of anilines is 1. The van der Waals surface area contributed by atoms with E-state index >= 15 is 0 Å². The number of rotatable bonds is 7. The lowest BCUT2D eigenvalue weighted by molar-refractivity contribution is -0.139. The van der Waals surface area contributed by atoms with Crippen LogP contribution >= 0.6 is 7.60 Å². The van der Waals surface area contributed by atoms with Gasteiger partial charge in [-0.3, -0.25) is 9.36 Å². The monoisotopic (exact) mass is 330 g/mol. The first kappa shape index (κ1) is 16.3. The summed E-state index contributed by atoms with van der Waals surface area (Å²) < 4.78 is 12.5. The quantitative estimate of drug-likeness (QED) is 0.380. The summed E-state index contributed by atoms with van der Waals surface area (Å²) in [4.78, 5) is 40.6. The Kier molecular flexibility index (Phi) is 4.71. The van der Waals surface area contributed by atoms with E-state index in [0.29, 0.717) is 17.7 Å². The molecule has 0 amide bonds. The molecule has 2 aromatic rings. The number of hydrogen-bond acceptors (Lipinski definition) is 7. The molecular formula is C10H15N6O5P.